The van der Waals surface area contributed by atoms with Crippen molar-refractivity contribution in [3.63, 3.8) is 0 Å². The van der Waals surface area contributed by atoms with E-state index in [-0.39, 0.29) is 11.9 Å². The number of hydrogen-bond acceptors (Lipinski definition) is 5. The van der Waals surface area contributed by atoms with Gasteiger partial charge < -0.3 is 9.64 Å². The molecule has 5 rings (SSSR count). The molecule has 1 atom stereocenters. The van der Waals surface area contributed by atoms with E-state index in [4.69, 9.17) is 4.74 Å². The number of pyridine rings is 1. The number of likely N-dealkylation sites (tertiary alicyclic amines) is 1. The van der Waals surface area contributed by atoms with E-state index in [1.165, 1.54) is 22.9 Å². The number of carbonyl (C=O) groups excluding carboxylic acids is 1. The zero-order valence-corrected chi connectivity index (χ0v) is 22.5. The number of nitrogens with zero attached hydrogens (tertiary/aromatic N) is 3. The van der Waals surface area contributed by atoms with E-state index in [0.717, 1.165) is 60.6 Å². The number of carbonyl (C=O) groups is 1. The molecule has 4 aromatic rings. The van der Waals surface area contributed by atoms with E-state index >= 15 is 0 Å². The first-order chi connectivity index (χ1) is 18.1. The Balaban J connectivity index is 1.16. The normalized spacial score (nSPS) is 15.9. The molecule has 2 aromatic heterocycles. The van der Waals surface area contributed by atoms with Gasteiger partial charge in [-0.1, -0.05) is 36.4 Å². The first-order valence-corrected chi connectivity index (χ1v) is 14.0. The molecule has 1 amide bonds. The summed E-state index contributed by atoms with van der Waals surface area (Å²) in [6.07, 6.45) is 6.02. The van der Waals surface area contributed by atoms with Gasteiger partial charge in [0, 0.05) is 43.7 Å². The highest BCUT2D eigenvalue weighted by atomic mass is 32.1. The number of para-hydroxylation sites is 1. The summed E-state index contributed by atoms with van der Waals surface area (Å²) in [7, 11) is 2.14. The molecule has 37 heavy (non-hydrogen) atoms. The zero-order chi connectivity index (χ0) is 25.6. The summed E-state index contributed by atoms with van der Waals surface area (Å²) in [5, 5.41) is 3.18. The Morgan fingerprint density at radius 3 is 2.84 bits per heavy atom. The number of benzene rings is 2. The van der Waals surface area contributed by atoms with Gasteiger partial charge in [0.25, 0.3) is 5.91 Å². The van der Waals surface area contributed by atoms with Crippen LogP contribution in [0.15, 0.2) is 72.2 Å². The third kappa shape index (κ3) is 6.20. The molecule has 0 radical (unpaired) electrons. The number of ether oxygens (including phenoxy) is 1. The van der Waals surface area contributed by atoms with E-state index < -0.39 is 0 Å². The van der Waals surface area contributed by atoms with E-state index in [1.807, 2.05) is 36.7 Å². The van der Waals surface area contributed by atoms with Crippen molar-refractivity contribution in [1.82, 2.24) is 14.8 Å². The Morgan fingerprint density at radius 2 is 1.97 bits per heavy atom. The van der Waals surface area contributed by atoms with Gasteiger partial charge in [0.15, 0.2) is 0 Å². The van der Waals surface area contributed by atoms with Crippen LogP contribution >= 0.6 is 11.3 Å². The number of amides is 1. The minimum absolute atomic E-state index is 0.184. The fraction of sp³-hybridized carbons (Fsp3) is 0.355. The van der Waals surface area contributed by atoms with Gasteiger partial charge in [-0.15, -0.1) is 11.3 Å². The SMILES string of the molecule is Cc1ccsc1C(=O)N1CCCCC1CCOc1cccc(CN(C)Cc2cccc3cccnc23)c1. The molecule has 0 bridgehead atoms. The second kappa shape index (κ2) is 11.9. The fourth-order valence-corrected chi connectivity index (χ4v) is 6.17. The molecule has 1 unspecified atom stereocenters. The van der Waals surface area contributed by atoms with Crippen LogP contribution in [0.25, 0.3) is 10.9 Å². The van der Waals surface area contributed by atoms with Gasteiger partial charge in [-0.25, -0.2) is 0 Å². The van der Waals surface area contributed by atoms with Crippen LogP contribution in [-0.2, 0) is 13.1 Å². The molecule has 0 spiro atoms. The predicted molar refractivity (Wildman–Crippen MR) is 151 cm³/mol. The maximum atomic E-state index is 13.2. The summed E-state index contributed by atoms with van der Waals surface area (Å²) in [4.78, 5) is 23.0. The van der Waals surface area contributed by atoms with Crippen molar-refractivity contribution in [3.8, 4) is 5.75 Å². The first-order valence-electron chi connectivity index (χ1n) is 13.2. The van der Waals surface area contributed by atoms with Crippen molar-refractivity contribution in [3.05, 3.63) is 93.8 Å². The number of rotatable bonds is 9. The third-order valence-corrected chi connectivity index (χ3v) is 8.18. The van der Waals surface area contributed by atoms with E-state index in [2.05, 4.69) is 64.3 Å². The summed E-state index contributed by atoms with van der Waals surface area (Å²) in [5.74, 6) is 1.07. The highest BCUT2D eigenvalue weighted by molar-refractivity contribution is 7.12. The minimum Gasteiger partial charge on any atom is -0.494 e. The smallest absolute Gasteiger partial charge is 0.264 e. The summed E-state index contributed by atoms with van der Waals surface area (Å²) in [5.41, 5.74) is 4.60. The fourth-order valence-electron chi connectivity index (χ4n) is 5.29. The molecule has 0 saturated carbocycles. The lowest BCUT2D eigenvalue weighted by Crippen LogP contribution is -2.44. The monoisotopic (exact) mass is 513 g/mol. The van der Waals surface area contributed by atoms with Gasteiger partial charge >= 0.3 is 0 Å². The van der Waals surface area contributed by atoms with Crippen LogP contribution in [0.3, 0.4) is 0 Å². The largest absolute Gasteiger partial charge is 0.494 e. The number of hydrogen-bond donors (Lipinski definition) is 0. The number of piperidine rings is 1. The summed E-state index contributed by atoms with van der Waals surface area (Å²) in [6.45, 7) is 5.13. The Morgan fingerprint density at radius 1 is 1.11 bits per heavy atom. The van der Waals surface area contributed by atoms with Crippen LogP contribution in [0.1, 0.15) is 52.0 Å². The number of aromatic nitrogens is 1. The topological polar surface area (TPSA) is 45.7 Å². The summed E-state index contributed by atoms with van der Waals surface area (Å²) >= 11 is 1.55. The van der Waals surface area contributed by atoms with Gasteiger partial charge in [0.05, 0.1) is 17.0 Å². The Kier molecular flexibility index (Phi) is 8.17. The molecule has 1 saturated heterocycles. The van der Waals surface area contributed by atoms with Gasteiger partial charge in [-0.05, 0) is 79.6 Å². The van der Waals surface area contributed by atoms with Gasteiger partial charge in [0.2, 0.25) is 0 Å². The lowest BCUT2D eigenvalue weighted by molar-refractivity contribution is 0.0585. The zero-order valence-electron chi connectivity index (χ0n) is 21.7. The predicted octanol–water partition coefficient (Wildman–Crippen LogP) is 6.70. The Hall–Kier alpha value is -3.22. The first kappa shape index (κ1) is 25.4. The second-order valence-electron chi connectivity index (χ2n) is 10.0. The molecule has 1 aliphatic rings. The lowest BCUT2D eigenvalue weighted by Gasteiger charge is -2.35. The maximum absolute atomic E-state index is 13.2. The van der Waals surface area contributed by atoms with Crippen molar-refractivity contribution < 1.29 is 9.53 Å². The van der Waals surface area contributed by atoms with E-state index in [1.54, 1.807) is 11.3 Å². The molecule has 6 heteroatoms. The average molecular weight is 514 g/mol. The van der Waals surface area contributed by atoms with Crippen molar-refractivity contribution in [2.24, 2.45) is 0 Å². The van der Waals surface area contributed by atoms with Crippen molar-refractivity contribution >= 4 is 28.1 Å². The highest BCUT2D eigenvalue weighted by Gasteiger charge is 2.28. The van der Waals surface area contributed by atoms with Crippen LogP contribution < -0.4 is 4.74 Å². The summed E-state index contributed by atoms with van der Waals surface area (Å²) < 4.78 is 6.19. The molecule has 1 aliphatic heterocycles. The van der Waals surface area contributed by atoms with Gasteiger partial charge in [-0.2, -0.15) is 0 Å². The molecular weight excluding hydrogens is 478 g/mol. The molecule has 2 aromatic carbocycles. The minimum atomic E-state index is 0.184. The van der Waals surface area contributed by atoms with Crippen molar-refractivity contribution in [2.75, 3.05) is 20.2 Å². The number of thiophene rings is 1. The Labute approximate surface area is 223 Å². The van der Waals surface area contributed by atoms with Crippen LogP contribution in [-0.4, -0.2) is 46.9 Å². The molecular formula is C31H35N3O2S. The maximum Gasteiger partial charge on any atom is 0.264 e. The third-order valence-electron chi connectivity index (χ3n) is 7.17. The standard InChI is InChI=1S/C31H35N3O2S/c1-23-15-19-37-30(23)31(35)34-17-4-3-12-27(34)14-18-36-28-13-5-8-24(20-28)21-33(2)22-26-10-6-9-25-11-7-16-32-29(25)26/h5-11,13,15-16,19-20,27H,3-4,12,14,17-18,21-22H2,1-2H3. The van der Waals surface area contributed by atoms with E-state index in [0.29, 0.717) is 6.61 Å². The Bertz CT molecular complexity index is 1350. The van der Waals surface area contributed by atoms with Crippen molar-refractivity contribution in [1.29, 1.82) is 0 Å². The number of aryl methyl sites for hydroxylation is 1. The molecule has 192 valence electrons. The number of fused-ring (bicyclic) bond motifs is 1. The van der Waals surface area contributed by atoms with Crippen LogP contribution in [0.4, 0.5) is 0 Å². The van der Waals surface area contributed by atoms with Gasteiger partial charge in [-0.3, -0.25) is 14.7 Å². The van der Waals surface area contributed by atoms with Crippen molar-refractivity contribution in [2.45, 2.75) is 51.7 Å². The lowest BCUT2D eigenvalue weighted by atomic mass is 9.99. The second-order valence-corrected chi connectivity index (χ2v) is 10.9. The molecule has 3 heterocycles. The quantitative estimate of drug-likeness (QED) is 0.250. The molecule has 0 aliphatic carbocycles. The summed E-state index contributed by atoms with van der Waals surface area (Å²) in [6, 6.07) is 21.1. The molecule has 5 nitrogen and oxygen atoms in total. The van der Waals surface area contributed by atoms with Crippen LogP contribution in [0.2, 0.25) is 0 Å². The molecule has 1 fully saturated rings. The molecule has 0 N–H and O–H groups in total. The van der Waals surface area contributed by atoms with Gasteiger partial charge in [0.1, 0.15) is 5.75 Å². The highest BCUT2D eigenvalue weighted by Crippen LogP contribution is 2.26. The average Bonchev–Trinajstić information content (AvgIpc) is 3.35. The van der Waals surface area contributed by atoms with Crippen LogP contribution in [0, 0.1) is 6.92 Å². The van der Waals surface area contributed by atoms with Crippen LogP contribution in [0.5, 0.6) is 5.75 Å². The van der Waals surface area contributed by atoms with E-state index in [9.17, 15) is 4.79 Å².